The fourth-order valence-corrected chi connectivity index (χ4v) is 1.10. The van der Waals surface area contributed by atoms with Gasteiger partial charge in [-0.05, 0) is 12.8 Å². The summed E-state index contributed by atoms with van der Waals surface area (Å²) in [4.78, 5) is 10.8. The maximum absolute atomic E-state index is 10.8. The third kappa shape index (κ3) is 3.03. The van der Waals surface area contributed by atoms with Gasteiger partial charge < -0.3 is 5.32 Å². The van der Waals surface area contributed by atoms with E-state index in [1.165, 1.54) is 12.8 Å². The van der Waals surface area contributed by atoms with Crippen LogP contribution in [0.2, 0.25) is 0 Å². The minimum atomic E-state index is 0.215. The summed E-state index contributed by atoms with van der Waals surface area (Å²) >= 11 is 2.21. The van der Waals surface area contributed by atoms with Crippen LogP contribution in [0, 0.1) is 0 Å². The summed E-state index contributed by atoms with van der Waals surface area (Å²) in [7, 11) is 0. The molecule has 0 unspecified atom stereocenters. The van der Waals surface area contributed by atoms with E-state index in [0.29, 0.717) is 12.5 Å². The highest BCUT2D eigenvalue weighted by Crippen LogP contribution is 2.18. The Hall–Kier alpha value is 0.200. The van der Waals surface area contributed by atoms with Gasteiger partial charge >= 0.3 is 0 Å². The number of carbonyl (C=O) groups is 1. The molecule has 1 aliphatic carbocycles. The molecular formula is C6H10INO. The molecule has 1 fully saturated rings. The van der Waals surface area contributed by atoms with Gasteiger partial charge in [-0.25, -0.2) is 0 Å². The van der Waals surface area contributed by atoms with Crippen molar-refractivity contribution >= 4 is 28.5 Å². The number of carbonyl (C=O) groups excluding carboxylic acids is 1. The number of nitrogens with one attached hydrogen (secondary N) is 1. The van der Waals surface area contributed by atoms with Crippen molar-refractivity contribution in [2.75, 3.05) is 4.43 Å². The summed E-state index contributed by atoms with van der Waals surface area (Å²) in [6.45, 7) is 0. The van der Waals surface area contributed by atoms with Gasteiger partial charge in [0.05, 0.1) is 0 Å². The van der Waals surface area contributed by atoms with Gasteiger partial charge in [-0.2, -0.15) is 0 Å². The van der Waals surface area contributed by atoms with Gasteiger partial charge in [-0.3, -0.25) is 4.79 Å². The molecule has 0 saturated heterocycles. The van der Waals surface area contributed by atoms with Crippen molar-refractivity contribution in [2.45, 2.75) is 25.3 Å². The average Bonchev–Trinajstić information content (AvgIpc) is 2.50. The van der Waals surface area contributed by atoms with Crippen molar-refractivity contribution < 1.29 is 4.79 Å². The van der Waals surface area contributed by atoms with E-state index in [1.807, 2.05) is 0 Å². The maximum Gasteiger partial charge on any atom is 0.220 e. The van der Waals surface area contributed by atoms with E-state index in [9.17, 15) is 4.79 Å². The first-order chi connectivity index (χ1) is 4.33. The predicted molar refractivity (Wildman–Crippen MR) is 44.7 cm³/mol. The fraction of sp³-hybridized carbons (Fsp3) is 0.833. The Labute approximate surface area is 68.5 Å². The molecule has 0 aliphatic heterocycles. The Balaban J connectivity index is 2.02. The molecule has 0 aromatic carbocycles. The van der Waals surface area contributed by atoms with Crippen LogP contribution >= 0.6 is 22.6 Å². The molecular weight excluding hydrogens is 229 g/mol. The lowest BCUT2D eigenvalue weighted by atomic mass is 10.4. The second kappa shape index (κ2) is 3.39. The van der Waals surface area contributed by atoms with Crippen molar-refractivity contribution in [3.8, 4) is 0 Å². The highest BCUT2D eigenvalue weighted by Gasteiger charge is 2.22. The van der Waals surface area contributed by atoms with Crippen LogP contribution in [0.1, 0.15) is 19.3 Å². The van der Waals surface area contributed by atoms with Crippen LogP contribution in [-0.2, 0) is 4.79 Å². The molecule has 0 aromatic heterocycles. The minimum absolute atomic E-state index is 0.215. The van der Waals surface area contributed by atoms with Gasteiger partial charge in [-0.1, -0.05) is 22.6 Å². The normalized spacial score (nSPS) is 17.4. The van der Waals surface area contributed by atoms with Crippen LogP contribution in [0.15, 0.2) is 0 Å². The van der Waals surface area contributed by atoms with Crippen molar-refractivity contribution in [1.82, 2.24) is 5.32 Å². The Kier molecular flexibility index (Phi) is 2.75. The first-order valence-electron chi connectivity index (χ1n) is 3.18. The Morgan fingerprint density at radius 3 is 2.78 bits per heavy atom. The third-order valence-electron chi connectivity index (χ3n) is 1.26. The van der Waals surface area contributed by atoms with Crippen LogP contribution in [0.4, 0.5) is 0 Å². The van der Waals surface area contributed by atoms with Crippen LogP contribution in [0.25, 0.3) is 0 Å². The smallest absolute Gasteiger partial charge is 0.220 e. The topological polar surface area (TPSA) is 29.1 Å². The van der Waals surface area contributed by atoms with Gasteiger partial charge in [0.2, 0.25) is 5.91 Å². The Morgan fingerprint density at radius 1 is 1.67 bits per heavy atom. The fourth-order valence-electron chi connectivity index (χ4n) is 0.613. The molecule has 0 bridgehead atoms. The zero-order valence-electron chi connectivity index (χ0n) is 5.19. The molecule has 0 heterocycles. The quantitative estimate of drug-likeness (QED) is 0.579. The number of hydrogen-bond donors (Lipinski definition) is 1. The van der Waals surface area contributed by atoms with Crippen molar-refractivity contribution in [2.24, 2.45) is 0 Å². The molecule has 1 aliphatic rings. The molecule has 1 saturated carbocycles. The van der Waals surface area contributed by atoms with E-state index in [-0.39, 0.29) is 5.91 Å². The number of halogens is 1. The van der Waals surface area contributed by atoms with Gasteiger partial charge in [0, 0.05) is 16.9 Å². The Morgan fingerprint density at radius 2 is 2.33 bits per heavy atom. The van der Waals surface area contributed by atoms with E-state index < -0.39 is 0 Å². The molecule has 3 heteroatoms. The summed E-state index contributed by atoms with van der Waals surface area (Å²) < 4.78 is 0.927. The minimum Gasteiger partial charge on any atom is -0.353 e. The molecule has 0 radical (unpaired) electrons. The second-order valence-electron chi connectivity index (χ2n) is 2.28. The van der Waals surface area contributed by atoms with Crippen molar-refractivity contribution in [3.05, 3.63) is 0 Å². The Bertz CT molecular complexity index is 112. The highest BCUT2D eigenvalue weighted by molar-refractivity contribution is 14.1. The molecule has 1 rings (SSSR count). The largest absolute Gasteiger partial charge is 0.353 e. The lowest BCUT2D eigenvalue weighted by Crippen LogP contribution is -2.25. The van der Waals surface area contributed by atoms with Gasteiger partial charge in [0.15, 0.2) is 0 Å². The summed E-state index contributed by atoms with van der Waals surface area (Å²) in [5.74, 6) is 0.215. The molecule has 0 atom stereocenters. The number of hydrogen-bond acceptors (Lipinski definition) is 1. The summed E-state index contributed by atoms with van der Waals surface area (Å²) in [5.41, 5.74) is 0. The average molecular weight is 239 g/mol. The van der Waals surface area contributed by atoms with E-state index in [1.54, 1.807) is 0 Å². The molecule has 0 aromatic rings. The van der Waals surface area contributed by atoms with Crippen LogP contribution in [0.3, 0.4) is 0 Å². The summed E-state index contributed by atoms with van der Waals surface area (Å²) in [6.07, 6.45) is 3.05. The first kappa shape index (κ1) is 7.31. The number of alkyl halides is 1. The summed E-state index contributed by atoms with van der Waals surface area (Å²) in [5, 5.41) is 2.91. The van der Waals surface area contributed by atoms with Crippen LogP contribution in [-0.4, -0.2) is 16.4 Å². The molecule has 1 amide bonds. The molecule has 2 nitrogen and oxygen atoms in total. The SMILES string of the molecule is O=C(CCI)NC1CC1. The van der Waals surface area contributed by atoms with Gasteiger partial charge in [-0.15, -0.1) is 0 Å². The summed E-state index contributed by atoms with van der Waals surface area (Å²) in [6, 6.07) is 0.528. The van der Waals surface area contributed by atoms with E-state index in [4.69, 9.17) is 0 Å². The zero-order chi connectivity index (χ0) is 6.69. The van der Waals surface area contributed by atoms with Crippen LogP contribution in [0.5, 0.6) is 0 Å². The number of rotatable bonds is 3. The molecule has 52 valence electrons. The monoisotopic (exact) mass is 239 g/mol. The second-order valence-corrected chi connectivity index (χ2v) is 3.36. The maximum atomic E-state index is 10.8. The highest BCUT2D eigenvalue weighted by atomic mass is 127. The van der Waals surface area contributed by atoms with Gasteiger partial charge in [0.1, 0.15) is 0 Å². The third-order valence-corrected chi connectivity index (χ3v) is 1.80. The predicted octanol–water partition coefficient (Wildman–Crippen LogP) is 1.09. The molecule has 0 spiro atoms. The molecule has 1 N–H and O–H groups in total. The van der Waals surface area contributed by atoms with Crippen molar-refractivity contribution in [1.29, 1.82) is 0 Å². The van der Waals surface area contributed by atoms with E-state index >= 15 is 0 Å². The number of amides is 1. The van der Waals surface area contributed by atoms with Crippen LogP contribution < -0.4 is 5.32 Å². The standard InChI is InChI=1S/C6H10INO/c7-4-3-6(9)8-5-1-2-5/h5H,1-4H2,(H,8,9). The lowest BCUT2D eigenvalue weighted by Gasteiger charge is -1.98. The zero-order valence-corrected chi connectivity index (χ0v) is 7.35. The van der Waals surface area contributed by atoms with E-state index in [0.717, 1.165) is 4.43 Å². The van der Waals surface area contributed by atoms with Crippen molar-refractivity contribution in [3.63, 3.8) is 0 Å². The van der Waals surface area contributed by atoms with Gasteiger partial charge in [0.25, 0.3) is 0 Å². The molecule has 9 heavy (non-hydrogen) atoms. The van der Waals surface area contributed by atoms with E-state index in [2.05, 4.69) is 27.9 Å². The first-order valence-corrected chi connectivity index (χ1v) is 4.71. The lowest BCUT2D eigenvalue weighted by molar-refractivity contribution is -0.120.